The molecule has 266 valence electrons. The third kappa shape index (κ3) is 5.86. The van der Waals surface area contributed by atoms with Gasteiger partial charge in [0.2, 0.25) is 0 Å². The lowest BCUT2D eigenvalue weighted by Crippen LogP contribution is -2.13. The number of aromatic hydroxyl groups is 2. The Morgan fingerprint density at radius 1 is 0.444 bits per heavy atom. The highest BCUT2D eigenvalue weighted by atomic mass is 16.3. The van der Waals surface area contributed by atoms with E-state index < -0.39 is 0 Å². The zero-order valence-electron chi connectivity index (χ0n) is 30.6. The summed E-state index contributed by atoms with van der Waals surface area (Å²) in [6.07, 6.45) is 1.71. The molecule has 0 unspecified atom stereocenters. The van der Waals surface area contributed by atoms with E-state index in [4.69, 9.17) is 0 Å². The first-order valence-electron chi connectivity index (χ1n) is 18.2. The number of benzene rings is 8. The Labute approximate surface area is 314 Å². The summed E-state index contributed by atoms with van der Waals surface area (Å²) < 4.78 is 0. The van der Waals surface area contributed by atoms with Crippen molar-refractivity contribution < 1.29 is 19.8 Å². The smallest absolute Gasteiger partial charge is 0.150 e. The van der Waals surface area contributed by atoms with Crippen molar-refractivity contribution in [2.24, 2.45) is 0 Å². The van der Waals surface area contributed by atoms with E-state index in [1.165, 1.54) is 11.1 Å². The predicted molar refractivity (Wildman–Crippen MR) is 222 cm³/mol. The van der Waals surface area contributed by atoms with Crippen LogP contribution in [0, 0.1) is 0 Å². The van der Waals surface area contributed by atoms with Crippen LogP contribution in [0.3, 0.4) is 0 Å². The van der Waals surface area contributed by atoms with Gasteiger partial charge in [0, 0.05) is 56.8 Å². The van der Waals surface area contributed by atoms with Crippen LogP contribution in [0.2, 0.25) is 0 Å². The molecule has 8 rings (SSSR count). The number of nitrogens with zero attached hydrogens (tertiary/aromatic N) is 2. The van der Waals surface area contributed by atoms with Gasteiger partial charge in [-0.3, -0.25) is 9.59 Å². The fourth-order valence-electron chi connectivity index (χ4n) is 7.93. The summed E-state index contributed by atoms with van der Waals surface area (Å²) >= 11 is 0. The van der Waals surface area contributed by atoms with Crippen LogP contribution in [0.4, 0.5) is 34.1 Å². The number of anilines is 6. The minimum atomic E-state index is 0.142. The molecule has 0 aliphatic rings. The number of rotatable bonds is 10. The largest absolute Gasteiger partial charge is 0.508 e. The topological polar surface area (TPSA) is 81.1 Å². The van der Waals surface area contributed by atoms with Crippen molar-refractivity contribution in [1.29, 1.82) is 0 Å². The van der Waals surface area contributed by atoms with E-state index in [-0.39, 0.29) is 23.3 Å². The maximum atomic E-state index is 12.1. The number of phenolic OH excluding ortho intramolecular Hbond substituents is 2. The molecule has 0 spiro atoms. The summed E-state index contributed by atoms with van der Waals surface area (Å²) in [6, 6.07) is 42.8. The first-order chi connectivity index (χ1) is 26.2. The second-order valence-corrected chi connectivity index (χ2v) is 14.5. The van der Waals surface area contributed by atoms with Crippen LogP contribution in [0.15, 0.2) is 133 Å². The average Bonchev–Trinajstić information content (AvgIpc) is 3.17. The quantitative estimate of drug-likeness (QED) is 0.109. The van der Waals surface area contributed by atoms with Crippen molar-refractivity contribution in [1.82, 2.24) is 0 Å². The second-order valence-electron chi connectivity index (χ2n) is 14.5. The summed E-state index contributed by atoms with van der Waals surface area (Å²) in [5, 5.41) is 27.9. The maximum absolute atomic E-state index is 12.1. The number of carbonyl (C=O) groups excluding carboxylic acids is 2. The van der Waals surface area contributed by atoms with Crippen molar-refractivity contribution in [3.63, 3.8) is 0 Å². The SMILES string of the molecule is CC(C)c1cc(N(c2cccc(O)c2)c2cccc(O)c2)c2ccc3c(C(C)C)cc(N(c4cccc(C=O)c4)c4cccc(C=O)c4)c4ccc1c2c34. The molecule has 8 aromatic rings. The number of hydrogen-bond donors (Lipinski definition) is 2. The summed E-state index contributed by atoms with van der Waals surface area (Å²) in [4.78, 5) is 28.4. The standard InChI is InChI=1S/C48H40N2O4/c1-29(2)43-25-45(49(33-11-5-9-31(21-33)27-51)34-12-6-10-32(22-34)28-52)41-19-17-40-44(30(3)4)26-46(42-20-18-39(43)47(41)48(40)42)50(35-13-7-15-37(53)23-35)36-14-8-16-38(54)24-36/h5-30,53-54H,1-4H3. The monoisotopic (exact) mass is 708 g/mol. The summed E-state index contributed by atoms with van der Waals surface area (Å²) in [5.74, 6) is 0.616. The van der Waals surface area contributed by atoms with E-state index in [2.05, 4.69) is 73.9 Å². The van der Waals surface area contributed by atoms with E-state index in [9.17, 15) is 19.8 Å². The van der Waals surface area contributed by atoms with Crippen molar-refractivity contribution in [3.05, 3.63) is 156 Å². The van der Waals surface area contributed by atoms with Gasteiger partial charge in [0.15, 0.2) is 0 Å². The second kappa shape index (κ2) is 13.7. The van der Waals surface area contributed by atoms with Crippen molar-refractivity contribution in [2.75, 3.05) is 9.80 Å². The maximum Gasteiger partial charge on any atom is 0.150 e. The molecule has 0 aliphatic carbocycles. The third-order valence-corrected chi connectivity index (χ3v) is 10.3. The molecule has 2 N–H and O–H groups in total. The highest BCUT2D eigenvalue weighted by molar-refractivity contribution is 6.29. The molecule has 54 heavy (non-hydrogen) atoms. The number of carbonyl (C=O) groups is 2. The van der Waals surface area contributed by atoms with Crippen LogP contribution in [0.25, 0.3) is 32.3 Å². The Kier molecular flexibility index (Phi) is 8.74. The Morgan fingerprint density at radius 3 is 1.15 bits per heavy atom. The highest BCUT2D eigenvalue weighted by Crippen LogP contribution is 2.51. The number of phenols is 2. The molecule has 6 nitrogen and oxygen atoms in total. The minimum Gasteiger partial charge on any atom is -0.508 e. The lowest BCUT2D eigenvalue weighted by molar-refractivity contribution is 0.111. The van der Waals surface area contributed by atoms with Crippen LogP contribution in [0.1, 0.15) is 71.4 Å². The molecule has 0 aromatic heterocycles. The Balaban J connectivity index is 1.53. The van der Waals surface area contributed by atoms with Gasteiger partial charge in [0.1, 0.15) is 24.1 Å². The molecule has 0 aliphatic heterocycles. The fourth-order valence-corrected chi connectivity index (χ4v) is 7.93. The zero-order valence-corrected chi connectivity index (χ0v) is 30.6. The van der Waals surface area contributed by atoms with E-state index in [0.29, 0.717) is 11.1 Å². The average molecular weight is 709 g/mol. The molecule has 0 bridgehead atoms. The van der Waals surface area contributed by atoms with Crippen LogP contribution < -0.4 is 9.80 Å². The third-order valence-electron chi connectivity index (χ3n) is 10.3. The molecular weight excluding hydrogens is 669 g/mol. The van der Waals surface area contributed by atoms with Gasteiger partial charge < -0.3 is 20.0 Å². The van der Waals surface area contributed by atoms with Crippen molar-refractivity contribution in [2.45, 2.75) is 39.5 Å². The van der Waals surface area contributed by atoms with E-state index in [1.54, 1.807) is 36.4 Å². The fraction of sp³-hybridized carbons (Fsp3) is 0.125. The molecule has 0 radical (unpaired) electrons. The van der Waals surface area contributed by atoms with Gasteiger partial charge in [-0.2, -0.15) is 0 Å². The van der Waals surface area contributed by atoms with Gasteiger partial charge >= 0.3 is 0 Å². The lowest BCUT2D eigenvalue weighted by Gasteiger charge is -2.31. The Hall–Kier alpha value is -6.66. The van der Waals surface area contributed by atoms with E-state index >= 15 is 0 Å². The summed E-state index contributed by atoms with van der Waals surface area (Å²) in [6.45, 7) is 8.82. The van der Waals surface area contributed by atoms with Gasteiger partial charge in [-0.1, -0.05) is 88.4 Å². The normalized spacial score (nSPS) is 11.6. The molecule has 6 heteroatoms. The molecular formula is C48H40N2O4. The van der Waals surface area contributed by atoms with Crippen molar-refractivity contribution in [3.8, 4) is 11.5 Å². The van der Waals surface area contributed by atoms with Gasteiger partial charge in [0.05, 0.1) is 11.4 Å². The number of hydrogen-bond acceptors (Lipinski definition) is 6. The van der Waals surface area contributed by atoms with Gasteiger partial charge in [-0.05, 0) is 105 Å². The van der Waals surface area contributed by atoms with Gasteiger partial charge in [0.25, 0.3) is 0 Å². The van der Waals surface area contributed by atoms with Crippen molar-refractivity contribution >= 4 is 79.0 Å². The van der Waals surface area contributed by atoms with Crippen LogP contribution >= 0.6 is 0 Å². The molecule has 0 atom stereocenters. The van der Waals surface area contributed by atoms with Crippen LogP contribution in [-0.2, 0) is 0 Å². The molecule has 0 amide bonds. The molecule has 0 saturated heterocycles. The van der Waals surface area contributed by atoms with Gasteiger partial charge in [-0.25, -0.2) is 0 Å². The molecule has 8 aromatic carbocycles. The summed E-state index contributed by atoms with van der Waals surface area (Å²) in [7, 11) is 0. The van der Waals surface area contributed by atoms with E-state index in [1.807, 2.05) is 60.7 Å². The molecule has 0 saturated carbocycles. The van der Waals surface area contributed by atoms with Crippen LogP contribution in [-0.4, -0.2) is 22.8 Å². The van der Waals surface area contributed by atoms with Crippen LogP contribution in [0.5, 0.6) is 11.5 Å². The Bertz CT molecular complexity index is 2620. The predicted octanol–water partition coefficient (Wildman–Crippen LogP) is 12.8. The van der Waals surface area contributed by atoms with E-state index in [0.717, 1.165) is 79.0 Å². The Morgan fingerprint density at radius 2 is 0.796 bits per heavy atom. The van der Waals surface area contributed by atoms with Gasteiger partial charge in [-0.15, -0.1) is 0 Å². The highest BCUT2D eigenvalue weighted by Gasteiger charge is 2.26. The molecule has 0 fully saturated rings. The lowest BCUT2D eigenvalue weighted by atomic mass is 9.84. The molecule has 0 heterocycles. The summed E-state index contributed by atoms with van der Waals surface area (Å²) in [5.41, 5.74) is 8.41. The first-order valence-corrected chi connectivity index (χ1v) is 18.2. The number of aldehydes is 2. The first kappa shape index (κ1) is 34.4. The zero-order chi connectivity index (χ0) is 37.7. The minimum absolute atomic E-state index is 0.142.